The Morgan fingerprint density at radius 1 is 1.30 bits per heavy atom. The highest BCUT2D eigenvalue weighted by atomic mass is 32.2. The molecule has 1 amide bonds. The molecule has 1 aliphatic rings. The van der Waals surface area contributed by atoms with Gasteiger partial charge in [0.1, 0.15) is 10.9 Å². The summed E-state index contributed by atoms with van der Waals surface area (Å²) in [7, 11) is 0. The van der Waals surface area contributed by atoms with Crippen LogP contribution in [0.5, 0.6) is 0 Å². The normalized spacial score (nSPS) is 18.4. The Kier molecular flexibility index (Phi) is 3.54. The van der Waals surface area contributed by atoms with Gasteiger partial charge in [-0.25, -0.2) is 4.79 Å². The van der Waals surface area contributed by atoms with Crippen molar-refractivity contribution in [3.05, 3.63) is 40.8 Å². The zero-order valence-corrected chi connectivity index (χ0v) is 12.1. The third-order valence-corrected chi connectivity index (χ3v) is 5.05. The van der Waals surface area contributed by atoms with E-state index < -0.39 is 12.0 Å². The standard InChI is InChI=1S/C13H12N2O3S2/c16-12(15-8-19-7-10(15)13(17)18)11-9(3-6-20-11)14-4-1-2-5-14/h1-6,10H,7-8H2,(H,17,18)/t10-/m0/s1. The number of carboxylic acids is 1. The van der Waals surface area contributed by atoms with Crippen LogP contribution in [0.25, 0.3) is 5.69 Å². The number of hydrogen-bond acceptors (Lipinski definition) is 4. The minimum absolute atomic E-state index is 0.207. The lowest BCUT2D eigenvalue weighted by Gasteiger charge is -2.20. The monoisotopic (exact) mass is 308 g/mol. The first-order chi connectivity index (χ1) is 9.68. The molecule has 5 nitrogen and oxygen atoms in total. The van der Waals surface area contributed by atoms with Crippen molar-refractivity contribution in [2.45, 2.75) is 6.04 Å². The van der Waals surface area contributed by atoms with Gasteiger partial charge in [-0.15, -0.1) is 23.1 Å². The van der Waals surface area contributed by atoms with Crippen LogP contribution >= 0.6 is 23.1 Å². The third-order valence-electron chi connectivity index (χ3n) is 3.15. The van der Waals surface area contributed by atoms with Gasteiger partial charge in [0, 0.05) is 18.1 Å². The zero-order chi connectivity index (χ0) is 14.1. The maximum absolute atomic E-state index is 12.6. The predicted octanol–water partition coefficient (Wildman–Crippen LogP) is 2.14. The molecule has 1 aliphatic heterocycles. The summed E-state index contributed by atoms with van der Waals surface area (Å²) in [5.41, 5.74) is 0.797. The Bertz CT molecular complexity index is 636. The van der Waals surface area contributed by atoms with E-state index >= 15 is 0 Å². The summed E-state index contributed by atoms with van der Waals surface area (Å²) in [5, 5.41) is 11.0. The molecule has 2 aromatic rings. The molecule has 0 spiro atoms. The van der Waals surface area contributed by atoms with Crippen molar-refractivity contribution in [3.8, 4) is 5.69 Å². The molecule has 0 bridgehead atoms. The topological polar surface area (TPSA) is 62.5 Å². The van der Waals surface area contributed by atoms with Crippen LogP contribution in [0.3, 0.4) is 0 Å². The van der Waals surface area contributed by atoms with Crippen molar-refractivity contribution in [1.82, 2.24) is 9.47 Å². The van der Waals surface area contributed by atoms with Gasteiger partial charge in [0.2, 0.25) is 0 Å². The first-order valence-electron chi connectivity index (χ1n) is 6.01. The molecule has 0 aromatic carbocycles. The molecule has 0 unspecified atom stereocenters. The van der Waals surface area contributed by atoms with Crippen LogP contribution < -0.4 is 0 Å². The van der Waals surface area contributed by atoms with Crippen molar-refractivity contribution < 1.29 is 14.7 Å². The number of carboxylic acid groups (broad SMARTS) is 1. The molecule has 20 heavy (non-hydrogen) atoms. The summed E-state index contributed by atoms with van der Waals surface area (Å²) in [5.74, 6) is -0.270. The second-order valence-corrected chi connectivity index (χ2v) is 6.27. The van der Waals surface area contributed by atoms with Crippen LogP contribution in [-0.2, 0) is 4.79 Å². The molecule has 0 saturated carbocycles. The number of thiophene rings is 1. The van der Waals surface area contributed by atoms with Crippen LogP contribution in [-0.4, -0.2) is 44.1 Å². The van der Waals surface area contributed by atoms with Gasteiger partial charge in [-0.2, -0.15) is 0 Å². The number of carbonyl (C=O) groups excluding carboxylic acids is 1. The smallest absolute Gasteiger partial charge is 0.327 e. The average molecular weight is 308 g/mol. The predicted molar refractivity (Wildman–Crippen MR) is 78.6 cm³/mol. The largest absolute Gasteiger partial charge is 0.480 e. The number of hydrogen-bond donors (Lipinski definition) is 1. The molecular formula is C13H12N2O3S2. The van der Waals surface area contributed by atoms with Gasteiger partial charge >= 0.3 is 5.97 Å². The molecule has 1 saturated heterocycles. The second-order valence-electron chi connectivity index (χ2n) is 4.35. The van der Waals surface area contributed by atoms with E-state index in [1.54, 1.807) is 0 Å². The van der Waals surface area contributed by atoms with Crippen molar-refractivity contribution >= 4 is 35.0 Å². The molecule has 2 aromatic heterocycles. The van der Waals surface area contributed by atoms with Gasteiger partial charge in [-0.05, 0) is 23.6 Å². The second kappa shape index (κ2) is 5.34. The Hall–Kier alpha value is -1.73. The van der Waals surface area contributed by atoms with Gasteiger partial charge in [0.05, 0.1) is 11.6 Å². The Labute approximate surface area is 123 Å². The van der Waals surface area contributed by atoms with Crippen molar-refractivity contribution in [2.75, 3.05) is 11.6 Å². The summed E-state index contributed by atoms with van der Waals surface area (Å²) in [4.78, 5) is 25.8. The van der Waals surface area contributed by atoms with E-state index in [4.69, 9.17) is 0 Å². The van der Waals surface area contributed by atoms with Crippen LogP contribution in [0.2, 0.25) is 0 Å². The maximum Gasteiger partial charge on any atom is 0.327 e. The van der Waals surface area contributed by atoms with Crippen molar-refractivity contribution in [1.29, 1.82) is 0 Å². The van der Waals surface area contributed by atoms with Crippen LogP contribution in [0, 0.1) is 0 Å². The van der Waals surface area contributed by atoms with Gasteiger partial charge < -0.3 is 14.6 Å². The quantitative estimate of drug-likeness (QED) is 0.943. The Balaban J connectivity index is 1.92. The number of aromatic nitrogens is 1. The fraction of sp³-hybridized carbons (Fsp3) is 0.231. The lowest BCUT2D eigenvalue weighted by molar-refractivity contribution is -0.140. The fourth-order valence-corrected chi connectivity index (χ4v) is 4.13. The Morgan fingerprint density at radius 3 is 2.75 bits per heavy atom. The number of rotatable bonds is 3. The molecule has 1 fully saturated rings. The van der Waals surface area contributed by atoms with Crippen LogP contribution in [0.1, 0.15) is 9.67 Å². The van der Waals surface area contributed by atoms with E-state index in [0.29, 0.717) is 16.5 Å². The summed E-state index contributed by atoms with van der Waals surface area (Å²) in [6.07, 6.45) is 3.73. The molecule has 3 rings (SSSR count). The highest BCUT2D eigenvalue weighted by Gasteiger charge is 2.36. The summed E-state index contributed by atoms with van der Waals surface area (Å²) < 4.78 is 1.86. The minimum Gasteiger partial charge on any atom is -0.480 e. The first-order valence-corrected chi connectivity index (χ1v) is 8.04. The number of aliphatic carboxylic acids is 1. The van der Waals surface area contributed by atoms with Crippen molar-refractivity contribution in [3.63, 3.8) is 0 Å². The summed E-state index contributed by atoms with van der Waals surface area (Å²) >= 11 is 2.81. The summed E-state index contributed by atoms with van der Waals surface area (Å²) in [6.45, 7) is 0. The zero-order valence-electron chi connectivity index (χ0n) is 10.4. The van der Waals surface area contributed by atoms with E-state index in [0.717, 1.165) is 5.69 Å². The van der Waals surface area contributed by atoms with Crippen LogP contribution in [0.15, 0.2) is 36.0 Å². The number of amides is 1. The number of carbonyl (C=O) groups is 2. The first kappa shape index (κ1) is 13.3. The van der Waals surface area contributed by atoms with E-state index in [1.165, 1.54) is 28.0 Å². The third kappa shape index (κ3) is 2.23. The average Bonchev–Trinajstić information content (AvgIpc) is 3.17. The molecule has 104 valence electrons. The van der Waals surface area contributed by atoms with Gasteiger partial charge in [0.15, 0.2) is 0 Å². The highest BCUT2D eigenvalue weighted by molar-refractivity contribution is 7.99. The molecule has 3 heterocycles. The molecular weight excluding hydrogens is 296 g/mol. The van der Waals surface area contributed by atoms with E-state index in [2.05, 4.69) is 0 Å². The molecule has 7 heteroatoms. The Morgan fingerprint density at radius 2 is 2.05 bits per heavy atom. The molecule has 0 aliphatic carbocycles. The number of thioether (sulfide) groups is 1. The lowest BCUT2D eigenvalue weighted by Crippen LogP contribution is -2.41. The molecule has 1 atom stereocenters. The fourth-order valence-electron chi connectivity index (χ4n) is 2.14. The van der Waals surface area contributed by atoms with Crippen molar-refractivity contribution in [2.24, 2.45) is 0 Å². The van der Waals surface area contributed by atoms with E-state index in [9.17, 15) is 14.7 Å². The van der Waals surface area contributed by atoms with Gasteiger partial charge in [-0.3, -0.25) is 4.79 Å². The van der Waals surface area contributed by atoms with Gasteiger partial charge in [-0.1, -0.05) is 0 Å². The summed E-state index contributed by atoms with van der Waals surface area (Å²) in [6, 6.07) is 4.92. The SMILES string of the molecule is O=C(O)[C@@H]1CSCN1C(=O)c1sccc1-n1cccc1. The van der Waals surface area contributed by atoms with Gasteiger partial charge in [0.25, 0.3) is 5.91 Å². The van der Waals surface area contributed by atoms with E-state index in [1.807, 2.05) is 40.5 Å². The molecule has 1 N–H and O–H groups in total. The minimum atomic E-state index is -0.942. The lowest BCUT2D eigenvalue weighted by atomic mass is 10.2. The number of nitrogens with zero attached hydrogens (tertiary/aromatic N) is 2. The van der Waals surface area contributed by atoms with E-state index in [-0.39, 0.29) is 5.91 Å². The maximum atomic E-state index is 12.6. The highest BCUT2D eigenvalue weighted by Crippen LogP contribution is 2.28. The molecule has 0 radical (unpaired) electrons. The van der Waals surface area contributed by atoms with Crippen LogP contribution in [0.4, 0.5) is 0 Å².